The summed E-state index contributed by atoms with van der Waals surface area (Å²) in [6, 6.07) is 11.9. The van der Waals surface area contributed by atoms with Crippen LogP contribution in [-0.2, 0) is 32.7 Å². The lowest BCUT2D eigenvalue weighted by Gasteiger charge is -2.14. The highest BCUT2D eigenvalue weighted by Crippen LogP contribution is 2.22. The Morgan fingerprint density at radius 2 is 1.69 bits per heavy atom. The van der Waals surface area contributed by atoms with Gasteiger partial charge in [-0.2, -0.15) is 0 Å². The normalized spacial score (nSPS) is 12.5. The highest BCUT2D eigenvalue weighted by Gasteiger charge is 2.10. The van der Waals surface area contributed by atoms with Gasteiger partial charge in [-0.3, -0.25) is 4.72 Å². The summed E-state index contributed by atoms with van der Waals surface area (Å²) in [4.78, 5) is 0. The van der Waals surface area contributed by atoms with Crippen molar-refractivity contribution in [2.24, 2.45) is 0 Å². The molecule has 0 fully saturated rings. The number of ether oxygens (including phenoxy) is 2. The second-order valence-corrected chi connectivity index (χ2v) is 10.5. The minimum atomic E-state index is -3.29. The Morgan fingerprint density at radius 3 is 2.47 bits per heavy atom. The molecule has 2 rings (SSSR count). The number of aromatic hydroxyl groups is 1. The molecule has 36 heavy (non-hydrogen) atoms. The van der Waals surface area contributed by atoms with E-state index in [2.05, 4.69) is 10.0 Å². The van der Waals surface area contributed by atoms with Crippen molar-refractivity contribution in [1.29, 1.82) is 0 Å². The fourth-order valence-electron chi connectivity index (χ4n) is 3.63. The molecular formula is C26H40N2O7S. The molecule has 0 saturated carbocycles. The molecule has 0 radical (unpaired) electrons. The van der Waals surface area contributed by atoms with Crippen molar-refractivity contribution >= 4 is 15.7 Å². The molecule has 9 nitrogen and oxygen atoms in total. The highest BCUT2D eigenvalue weighted by molar-refractivity contribution is 7.92. The predicted octanol–water partition coefficient (Wildman–Crippen LogP) is 3.06. The second kappa shape index (κ2) is 16.5. The number of anilines is 1. The molecule has 0 aliphatic rings. The van der Waals surface area contributed by atoms with Crippen LogP contribution >= 0.6 is 0 Å². The van der Waals surface area contributed by atoms with Gasteiger partial charge in [0, 0.05) is 24.4 Å². The molecule has 0 aliphatic heterocycles. The van der Waals surface area contributed by atoms with Crippen molar-refractivity contribution in [2.75, 3.05) is 43.9 Å². The van der Waals surface area contributed by atoms with Crippen molar-refractivity contribution in [2.45, 2.75) is 51.4 Å². The van der Waals surface area contributed by atoms with Crippen molar-refractivity contribution in [3.63, 3.8) is 0 Å². The van der Waals surface area contributed by atoms with Crippen molar-refractivity contribution < 1.29 is 33.2 Å². The van der Waals surface area contributed by atoms with Gasteiger partial charge in [-0.15, -0.1) is 0 Å². The molecule has 0 aromatic heterocycles. The first kappa shape index (κ1) is 30.0. The number of benzene rings is 2. The maximum Gasteiger partial charge on any atom is 0.229 e. The zero-order chi connectivity index (χ0) is 26.2. The van der Waals surface area contributed by atoms with E-state index in [4.69, 9.17) is 9.47 Å². The first-order chi connectivity index (χ1) is 17.3. The summed E-state index contributed by atoms with van der Waals surface area (Å²) < 4.78 is 36.3. The Balaban J connectivity index is 1.41. The van der Waals surface area contributed by atoms with E-state index in [1.807, 2.05) is 6.07 Å². The molecule has 10 heteroatoms. The monoisotopic (exact) mass is 524 g/mol. The lowest BCUT2D eigenvalue weighted by Crippen LogP contribution is -2.22. The number of unbranched alkanes of at least 4 members (excludes halogenated alkanes) is 4. The van der Waals surface area contributed by atoms with Crippen LogP contribution in [0.25, 0.3) is 0 Å². The SMILES string of the molecule is CS(=O)(=O)Nc1cccc(COCCOCCCCCCCNC[C@H](O)c2ccc(O)c(CO)c2)c1. The molecule has 202 valence electrons. The van der Waals surface area contributed by atoms with E-state index in [1.54, 1.807) is 30.3 Å². The van der Waals surface area contributed by atoms with Gasteiger partial charge in [0.2, 0.25) is 10.0 Å². The van der Waals surface area contributed by atoms with Crippen LogP contribution in [0.2, 0.25) is 0 Å². The summed E-state index contributed by atoms with van der Waals surface area (Å²) in [6.45, 7) is 3.08. The first-order valence-corrected chi connectivity index (χ1v) is 14.2. The molecule has 0 heterocycles. The number of hydrogen-bond acceptors (Lipinski definition) is 8. The third-order valence-electron chi connectivity index (χ3n) is 5.51. The van der Waals surface area contributed by atoms with Crippen LogP contribution in [0.4, 0.5) is 5.69 Å². The molecule has 0 amide bonds. The fraction of sp³-hybridized carbons (Fsp3) is 0.538. The summed E-state index contributed by atoms with van der Waals surface area (Å²) in [5, 5.41) is 32.3. The van der Waals surface area contributed by atoms with Crippen LogP contribution in [-0.4, -0.2) is 62.9 Å². The average molecular weight is 525 g/mol. The largest absolute Gasteiger partial charge is 0.508 e. The van der Waals surface area contributed by atoms with E-state index in [-0.39, 0.29) is 12.4 Å². The maximum absolute atomic E-state index is 11.3. The highest BCUT2D eigenvalue weighted by atomic mass is 32.2. The molecule has 0 aliphatic carbocycles. The third-order valence-corrected chi connectivity index (χ3v) is 6.12. The van der Waals surface area contributed by atoms with Gasteiger partial charge in [0.05, 0.1) is 38.8 Å². The number of nitrogens with one attached hydrogen (secondary N) is 2. The number of hydrogen-bond donors (Lipinski definition) is 5. The smallest absolute Gasteiger partial charge is 0.229 e. The van der Waals surface area contributed by atoms with Crippen LogP contribution in [0.5, 0.6) is 5.75 Å². The first-order valence-electron chi connectivity index (χ1n) is 12.3. The summed E-state index contributed by atoms with van der Waals surface area (Å²) in [5.41, 5.74) is 2.50. The molecule has 5 N–H and O–H groups in total. The minimum Gasteiger partial charge on any atom is -0.508 e. The van der Waals surface area contributed by atoms with E-state index in [1.165, 1.54) is 6.07 Å². The Bertz CT molecular complexity index is 1000. The predicted molar refractivity (Wildman–Crippen MR) is 140 cm³/mol. The Hall–Kier alpha value is -2.21. The van der Waals surface area contributed by atoms with Gasteiger partial charge in [0.25, 0.3) is 0 Å². The van der Waals surface area contributed by atoms with E-state index in [0.29, 0.717) is 49.8 Å². The standard InChI is InChI=1S/C26H40N2O7S/c1-36(32,33)28-24-9-7-8-21(16-24)20-35-15-14-34-13-6-4-2-3-5-12-27-18-26(31)22-10-11-25(30)23(17-22)19-29/h7-11,16-17,26-31H,2-6,12-15,18-20H2,1H3/t26-/m0/s1. The number of aliphatic hydroxyl groups is 2. The zero-order valence-electron chi connectivity index (χ0n) is 21.0. The van der Waals surface area contributed by atoms with Crippen LogP contribution in [0.3, 0.4) is 0 Å². The second-order valence-electron chi connectivity index (χ2n) is 8.77. The van der Waals surface area contributed by atoms with Crippen LogP contribution < -0.4 is 10.0 Å². The number of aliphatic hydroxyl groups excluding tert-OH is 2. The average Bonchev–Trinajstić information content (AvgIpc) is 2.83. The summed E-state index contributed by atoms with van der Waals surface area (Å²) in [5.74, 6) is 0.0321. The molecule has 0 saturated heterocycles. The maximum atomic E-state index is 11.3. The van der Waals surface area contributed by atoms with Crippen LogP contribution in [0.15, 0.2) is 42.5 Å². The van der Waals surface area contributed by atoms with Gasteiger partial charge < -0.3 is 30.1 Å². The van der Waals surface area contributed by atoms with Crippen LogP contribution in [0.1, 0.15) is 54.9 Å². The topological polar surface area (TPSA) is 137 Å². The lowest BCUT2D eigenvalue weighted by atomic mass is 10.1. The van der Waals surface area contributed by atoms with Crippen molar-refractivity contribution in [3.05, 3.63) is 59.2 Å². The van der Waals surface area contributed by atoms with E-state index < -0.39 is 16.1 Å². The molecule has 0 bridgehead atoms. The van der Waals surface area contributed by atoms with Gasteiger partial charge >= 0.3 is 0 Å². The number of sulfonamides is 1. The van der Waals surface area contributed by atoms with Gasteiger partial charge in [0.1, 0.15) is 5.75 Å². The Morgan fingerprint density at radius 1 is 0.944 bits per heavy atom. The van der Waals surface area contributed by atoms with Gasteiger partial charge in [-0.05, 0) is 54.8 Å². The van der Waals surface area contributed by atoms with Crippen molar-refractivity contribution in [3.8, 4) is 5.75 Å². The number of phenols is 1. The summed E-state index contributed by atoms with van der Waals surface area (Å²) in [6.07, 6.45) is 5.79. The number of rotatable bonds is 19. The zero-order valence-corrected chi connectivity index (χ0v) is 21.8. The molecule has 1 atom stereocenters. The molecule has 2 aromatic rings. The van der Waals surface area contributed by atoms with Gasteiger partial charge in [-0.1, -0.05) is 37.5 Å². The van der Waals surface area contributed by atoms with Crippen molar-refractivity contribution in [1.82, 2.24) is 5.32 Å². The Kier molecular flexibility index (Phi) is 13.8. The summed E-state index contributed by atoms with van der Waals surface area (Å²) in [7, 11) is -3.29. The summed E-state index contributed by atoms with van der Waals surface area (Å²) >= 11 is 0. The van der Waals surface area contributed by atoms with Gasteiger partial charge in [-0.25, -0.2) is 8.42 Å². The molecule has 0 spiro atoms. The van der Waals surface area contributed by atoms with Crippen LogP contribution in [0, 0.1) is 0 Å². The van der Waals surface area contributed by atoms with E-state index in [0.717, 1.165) is 50.5 Å². The van der Waals surface area contributed by atoms with E-state index in [9.17, 15) is 23.7 Å². The van der Waals surface area contributed by atoms with E-state index >= 15 is 0 Å². The molecular weight excluding hydrogens is 484 g/mol. The fourth-order valence-corrected chi connectivity index (χ4v) is 4.18. The molecule has 0 unspecified atom stereocenters. The Labute approximate surface area is 214 Å². The molecule has 2 aromatic carbocycles. The lowest BCUT2D eigenvalue weighted by molar-refractivity contribution is 0.0393. The minimum absolute atomic E-state index is 0.0321. The van der Waals surface area contributed by atoms with Gasteiger partial charge in [0.15, 0.2) is 0 Å². The quantitative estimate of drug-likeness (QED) is 0.177. The third kappa shape index (κ3) is 12.7.